The van der Waals surface area contributed by atoms with Gasteiger partial charge in [-0.15, -0.1) is 0 Å². The number of Topliss-reactive ketones (excluding diaryl/α,β-unsaturated/α-hetero) is 1. The number of carbonyl (C=O) groups excluding carboxylic acids is 1. The number of hydrogen-bond donors (Lipinski definition) is 0. The quantitative estimate of drug-likeness (QED) is 0.388. The van der Waals surface area contributed by atoms with Gasteiger partial charge in [0.05, 0.1) is 23.8 Å². The lowest BCUT2D eigenvalue weighted by molar-refractivity contribution is -0.151. The molecular weight excluding hydrogens is 289 g/mol. The molecule has 0 aromatic carbocycles. The molecule has 0 N–H and O–H groups in total. The van der Waals surface area contributed by atoms with Gasteiger partial charge in [-0.25, -0.2) is 0 Å². The Morgan fingerprint density at radius 3 is 2.48 bits per heavy atom. The summed E-state index contributed by atoms with van der Waals surface area (Å²) in [4.78, 5) is 13.1. The van der Waals surface area contributed by atoms with E-state index in [-0.39, 0.29) is 29.0 Å². The monoisotopic (exact) mass is 316 g/mol. The Morgan fingerprint density at radius 1 is 1.39 bits per heavy atom. The van der Waals surface area contributed by atoms with Gasteiger partial charge in [-0.05, 0) is 38.8 Å². The minimum Gasteiger partial charge on any atom is -0.379 e. The first kappa shape index (κ1) is 17.3. The van der Waals surface area contributed by atoms with Gasteiger partial charge >= 0.3 is 0 Å². The van der Waals surface area contributed by atoms with Gasteiger partial charge in [0.25, 0.3) is 0 Å². The average Bonchev–Trinajstić information content (AvgIpc) is 3.33. The number of hydrogen-bond acceptors (Lipinski definition) is 4. The fraction of sp³-hybridized carbons (Fsp3) is 0.812. The zero-order valence-corrected chi connectivity index (χ0v) is 15.5. The van der Waals surface area contributed by atoms with Crippen molar-refractivity contribution in [1.82, 2.24) is 0 Å². The molecule has 0 radical (unpaired) electrons. The fourth-order valence-corrected chi connectivity index (χ4v) is 5.03. The maximum absolute atomic E-state index is 13.1. The van der Waals surface area contributed by atoms with E-state index in [0.717, 1.165) is 12.8 Å². The number of carbonyl (C=O) groups is 1. The van der Waals surface area contributed by atoms with Crippen LogP contribution in [0, 0.1) is 5.92 Å². The molecule has 3 rings (SSSR count). The van der Waals surface area contributed by atoms with E-state index in [1.54, 1.807) is 7.11 Å². The molecule has 3 aliphatic rings. The van der Waals surface area contributed by atoms with Crippen LogP contribution in [-0.2, 0) is 19.0 Å². The lowest BCUT2D eigenvalue weighted by Gasteiger charge is -2.51. The highest BCUT2D eigenvalue weighted by atomic mass is 16.6. The van der Waals surface area contributed by atoms with E-state index in [1.165, 1.54) is 5.57 Å². The normalized spacial score (nSPS) is 47.4. The lowest BCUT2D eigenvalue weighted by atomic mass is 9.37. The SMILES string of the molecule is BC1(B)C[C@]2(CO2)[C@@H](C2(C)O[C@@H]2CC=C(C)C)[C@@](B)(OC)C1=O. The smallest absolute Gasteiger partial charge is 0.153 e. The molecule has 23 heavy (non-hydrogen) atoms. The second-order valence-corrected chi connectivity index (χ2v) is 8.79. The Bertz CT molecular complexity index is 568. The second kappa shape index (κ2) is 4.99. The number of epoxide rings is 2. The van der Waals surface area contributed by atoms with Crippen molar-refractivity contribution in [2.24, 2.45) is 5.92 Å². The van der Waals surface area contributed by atoms with Gasteiger partial charge in [-0.3, -0.25) is 4.79 Å². The molecule has 3 fully saturated rings. The molecule has 4 nitrogen and oxygen atoms in total. The predicted octanol–water partition coefficient (Wildman–Crippen LogP) is -0.784. The Balaban J connectivity index is 1.94. The molecule has 0 aromatic rings. The van der Waals surface area contributed by atoms with Gasteiger partial charge in [-0.1, -0.05) is 11.6 Å². The van der Waals surface area contributed by atoms with E-state index in [4.69, 9.17) is 14.2 Å². The van der Waals surface area contributed by atoms with Crippen molar-refractivity contribution >= 4 is 29.3 Å². The van der Waals surface area contributed by atoms with Crippen LogP contribution in [-0.4, -0.2) is 65.8 Å². The summed E-state index contributed by atoms with van der Waals surface area (Å²) < 4.78 is 17.9. The molecule has 1 unspecified atom stereocenters. The predicted molar refractivity (Wildman–Crippen MR) is 97.2 cm³/mol. The standard InChI is InChI=1S/C16H27B3O4/c1-9(2)5-6-10-13(3,23-10)11-14(8-22-14)7-15(17,18)12(20)16(11,19)21-4/h5,10-11H,6-8,17-19H2,1-4H3/t10-,11-,13?,14+,16-/m1/s1. The first-order valence-electron chi connectivity index (χ1n) is 8.57. The van der Waals surface area contributed by atoms with Crippen molar-refractivity contribution < 1.29 is 19.0 Å². The molecular formula is C16H27B3O4. The van der Waals surface area contributed by atoms with Crippen molar-refractivity contribution in [3.05, 3.63) is 11.6 Å². The third kappa shape index (κ3) is 2.47. The van der Waals surface area contributed by atoms with Crippen LogP contribution >= 0.6 is 0 Å². The number of ketones is 1. The maximum atomic E-state index is 13.1. The van der Waals surface area contributed by atoms with E-state index < -0.39 is 10.7 Å². The molecule has 2 saturated heterocycles. The van der Waals surface area contributed by atoms with E-state index in [9.17, 15) is 4.79 Å². The van der Waals surface area contributed by atoms with Crippen LogP contribution in [0.4, 0.5) is 0 Å². The van der Waals surface area contributed by atoms with E-state index in [0.29, 0.717) is 6.61 Å². The van der Waals surface area contributed by atoms with Crippen LogP contribution in [0.3, 0.4) is 0 Å². The molecule has 0 bridgehead atoms. The molecule has 1 saturated carbocycles. The van der Waals surface area contributed by atoms with Crippen LogP contribution in [0.1, 0.15) is 33.6 Å². The highest BCUT2D eigenvalue weighted by molar-refractivity contribution is 6.55. The fourth-order valence-electron chi connectivity index (χ4n) is 5.03. The summed E-state index contributed by atoms with van der Waals surface area (Å²) in [7, 11) is 7.57. The molecule has 5 atom stereocenters. The van der Waals surface area contributed by atoms with Crippen molar-refractivity contribution in [3.63, 3.8) is 0 Å². The molecule has 7 heteroatoms. The van der Waals surface area contributed by atoms with Gasteiger partial charge < -0.3 is 14.2 Å². The Labute approximate surface area is 141 Å². The molecule has 1 spiro atoms. The number of allylic oxidation sites excluding steroid dienone is 1. The summed E-state index contributed by atoms with van der Waals surface area (Å²) in [5.74, 6) is 0.0971. The van der Waals surface area contributed by atoms with E-state index >= 15 is 0 Å². The largest absolute Gasteiger partial charge is 0.379 e. The Hall–Kier alpha value is -0.515. The van der Waals surface area contributed by atoms with E-state index in [1.807, 2.05) is 23.5 Å². The van der Waals surface area contributed by atoms with Crippen LogP contribution in [0.25, 0.3) is 0 Å². The van der Waals surface area contributed by atoms with Crippen molar-refractivity contribution in [3.8, 4) is 0 Å². The summed E-state index contributed by atoms with van der Waals surface area (Å²) in [5, 5.41) is -0.432. The summed E-state index contributed by atoms with van der Waals surface area (Å²) in [6.07, 6.45) is 3.96. The Morgan fingerprint density at radius 2 is 2.00 bits per heavy atom. The van der Waals surface area contributed by atoms with Gasteiger partial charge in [0.2, 0.25) is 0 Å². The van der Waals surface area contributed by atoms with Crippen LogP contribution in [0.15, 0.2) is 11.6 Å². The van der Waals surface area contributed by atoms with E-state index in [2.05, 4.69) is 26.8 Å². The maximum Gasteiger partial charge on any atom is 0.153 e. The molecule has 0 aromatic heterocycles. The Kier molecular flexibility index (Phi) is 3.76. The van der Waals surface area contributed by atoms with Crippen LogP contribution in [0.5, 0.6) is 0 Å². The zero-order valence-electron chi connectivity index (χ0n) is 15.5. The third-order valence-electron chi connectivity index (χ3n) is 6.11. The van der Waals surface area contributed by atoms with Crippen LogP contribution in [0.2, 0.25) is 5.21 Å². The number of methoxy groups -OCH3 is 1. The summed E-state index contributed by atoms with van der Waals surface area (Å²) in [6, 6.07) is 0. The van der Waals surface area contributed by atoms with Crippen molar-refractivity contribution in [2.45, 2.75) is 61.6 Å². The van der Waals surface area contributed by atoms with Gasteiger partial charge in [0.1, 0.15) is 27.1 Å². The topological polar surface area (TPSA) is 51.4 Å². The third-order valence-corrected chi connectivity index (χ3v) is 6.11. The number of rotatable bonds is 4. The summed E-state index contributed by atoms with van der Waals surface area (Å²) in [6.45, 7) is 7.00. The summed E-state index contributed by atoms with van der Waals surface area (Å²) >= 11 is 0. The minimum atomic E-state index is -0.868. The van der Waals surface area contributed by atoms with Gasteiger partial charge in [-0.2, -0.15) is 0 Å². The van der Waals surface area contributed by atoms with Crippen molar-refractivity contribution in [2.75, 3.05) is 13.7 Å². The minimum absolute atomic E-state index is 0.0661. The number of ether oxygens (including phenoxy) is 3. The van der Waals surface area contributed by atoms with Crippen molar-refractivity contribution in [1.29, 1.82) is 0 Å². The van der Waals surface area contributed by atoms with Gasteiger partial charge in [0, 0.05) is 13.0 Å². The highest BCUT2D eigenvalue weighted by Crippen LogP contribution is 2.64. The molecule has 124 valence electrons. The molecule has 1 aliphatic carbocycles. The first-order valence-corrected chi connectivity index (χ1v) is 8.57. The molecule has 2 heterocycles. The van der Waals surface area contributed by atoms with Crippen LogP contribution < -0.4 is 0 Å². The lowest BCUT2D eigenvalue weighted by Crippen LogP contribution is -2.66. The second-order valence-electron chi connectivity index (χ2n) is 8.79. The molecule has 2 aliphatic heterocycles. The molecule has 0 amide bonds. The van der Waals surface area contributed by atoms with Gasteiger partial charge in [0.15, 0.2) is 7.85 Å². The first-order chi connectivity index (χ1) is 10.5. The highest BCUT2D eigenvalue weighted by Gasteiger charge is 2.77. The summed E-state index contributed by atoms with van der Waals surface area (Å²) in [5.41, 5.74) is -0.224. The average molecular weight is 316 g/mol. The zero-order chi connectivity index (χ0) is 17.3.